The van der Waals surface area contributed by atoms with Crippen LogP contribution in [0.15, 0.2) is 18.2 Å². The number of benzene rings is 1. The normalized spacial score (nSPS) is 11.2. The number of nitrogen functional groups attached to an aromatic ring is 1. The Morgan fingerprint density at radius 3 is 2.71 bits per heavy atom. The molecule has 0 spiro atoms. The van der Waals surface area contributed by atoms with Crippen molar-refractivity contribution in [1.29, 1.82) is 0 Å². The number of nitrogens with two attached hydrogens (primary N) is 1. The predicted molar refractivity (Wildman–Crippen MR) is 67.4 cm³/mol. The van der Waals surface area contributed by atoms with E-state index < -0.39 is 5.97 Å². The van der Waals surface area contributed by atoms with Crippen molar-refractivity contribution in [2.45, 2.75) is 19.4 Å². The summed E-state index contributed by atoms with van der Waals surface area (Å²) in [5, 5.41) is 12.1. The number of carboxylic acid groups (broad SMARTS) is 1. The van der Waals surface area contributed by atoms with Gasteiger partial charge in [-0.1, -0.05) is 0 Å². The standard InChI is InChI=1S/C12H18N2O3/c1-12(2,17-3)7-14-10-5-4-8(13)6-9(10)11(15)16/h4-6,14H,7,13H2,1-3H3,(H,15,16). The summed E-state index contributed by atoms with van der Waals surface area (Å²) in [6.45, 7) is 4.34. The lowest BCUT2D eigenvalue weighted by Gasteiger charge is -2.24. The highest BCUT2D eigenvalue weighted by molar-refractivity contribution is 5.95. The summed E-state index contributed by atoms with van der Waals surface area (Å²) in [4.78, 5) is 11.0. The minimum atomic E-state index is -1.00. The van der Waals surface area contributed by atoms with E-state index in [1.54, 1.807) is 19.2 Å². The Balaban J connectivity index is 2.88. The summed E-state index contributed by atoms with van der Waals surface area (Å²) < 4.78 is 5.25. The lowest BCUT2D eigenvalue weighted by molar-refractivity contribution is 0.0343. The van der Waals surface area contributed by atoms with E-state index in [9.17, 15) is 4.79 Å². The van der Waals surface area contributed by atoms with Gasteiger partial charge in [0.15, 0.2) is 0 Å². The fourth-order valence-electron chi connectivity index (χ4n) is 1.27. The first-order valence-corrected chi connectivity index (χ1v) is 5.27. The molecule has 0 unspecified atom stereocenters. The molecule has 1 aromatic carbocycles. The Labute approximate surface area is 101 Å². The van der Waals surface area contributed by atoms with Crippen molar-refractivity contribution in [3.05, 3.63) is 23.8 Å². The van der Waals surface area contributed by atoms with E-state index in [1.807, 2.05) is 13.8 Å². The third-order valence-electron chi connectivity index (χ3n) is 2.53. The van der Waals surface area contributed by atoms with E-state index in [0.29, 0.717) is 17.9 Å². The third kappa shape index (κ3) is 3.64. The lowest BCUT2D eigenvalue weighted by atomic mass is 10.1. The second-order valence-electron chi connectivity index (χ2n) is 4.43. The van der Waals surface area contributed by atoms with Gasteiger partial charge in [-0.05, 0) is 32.0 Å². The molecule has 94 valence electrons. The molecule has 4 N–H and O–H groups in total. The minimum Gasteiger partial charge on any atom is -0.478 e. The van der Waals surface area contributed by atoms with Crippen molar-refractivity contribution in [3.8, 4) is 0 Å². The van der Waals surface area contributed by atoms with Crippen molar-refractivity contribution < 1.29 is 14.6 Å². The van der Waals surface area contributed by atoms with Crippen molar-refractivity contribution in [3.63, 3.8) is 0 Å². The van der Waals surface area contributed by atoms with Crippen LogP contribution >= 0.6 is 0 Å². The zero-order valence-electron chi connectivity index (χ0n) is 10.3. The second kappa shape index (κ2) is 5.05. The van der Waals surface area contributed by atoms with Gasteiger partial charge in [0.2, 0.25) is 0 Å². The highest BCUT2D eigenvalue weighted by Gasteiger charge is 2.17. The van der Waals surface area contributed by atoms with Crippen molar-refractivity contribution in [2.24, 2.45) is 0 Å². The Kier molecular flexibility index (Phi) is 3.96. The molecule has 5 heteroatoms. The van der Waals surface area contributed by atoms with Gasteiger partial charge in [0.25, 0.3) is 0 Å². The molecule has 0 aromatic heterocycles. The van der Waals surface area contributed by atoms with E-state index in [4.69, 9.17) is 15.6 Å². The zero-order valence-corrected chi connectivity index (χ0v) is 10.3. The number of carboxylic acids is 1. The Morgan fingerprint density at radius 1 is 1.53 bits per heavy atom. The first kappa shape index (κ1) is 13.3. The topological polar surface area (TPSA) is 84.6 Å². The summed E-state index contributed by atoms with van der Waals surface area (Å²) in [7, 11) is 1.61. The summed E-state index contributed by atoms with van der Waals surface area (Å²) >= 11 is 0. The average Bonchev–Trinajstić information content (AvgIpc) is 2.27. The fraction of sp³-hybridized carbons (Fsp3) is 0.417. The molecular weight excluding hydrogens is 220 g/mol. The number of hydrogen-bond donors (Lipinski definition) is 3. The van der Waals surface area contributed by atoms with Gasteiger partial charge in [0.05, 0.1) is 11.2 Å². The van der Waals surface area contributed by atoms with E-state index in [1.165, 1.54) is 6.07 Å². The number of methoxy groups -OCH3 is 1. The summed E-state index contributed by atoms with van der Waals surface area (Å²) in [6, 6.07) is 4.75. The van der Waals surface area contributed by atoms with Crippen LogP contribution in [0.25, 0.3) is 0 Å². The molecule has 0 bridgehead atoms. The summed E-state index contributed by atoms with van der Waals surface area (Å²) in [5.74, 6) is -1.00. The molecule has 5 nitrogen and oxygen atoms in total. The first-order valence-electron chi connectivity index (χ1n) is 5.27. The fourth-order valence-corrected chi connectivity index (χ4v) is 1.27. The average molecular weight is 238 g/mol. The molecule has 0 radical (unpaired) electrons. The molecule has 0 fully saturated rings. The van der Waals surface area contributed by atoms with Gasteiger partial charge >= 0.3 is 5.97 Å². The smallest absolute Gasteiger partial charge is 0.337 e. The highest BCUT2D eigenvalue weighted by atomic mass is 16.5. The monoisotopic (exact) mass is 238 g/mol. The zero-order chi connectivity index (χ0) is 13.1. The molecule has 1 aromatic rings. The van der Waals surface area contributed by atoms with Gasteiger partial charge in [-0.2, -0.15) is 0 Å². The van der Waals surface area contributed by atoms with Crippen LogP contribution in [0.3, 0.4) is 0 Å². The maximum atomic E-state index is 11.0. The van der Waals surface area contributed by atoms with Crippen LogP contribution in [0.4, 0.5) is 11.4 Å². The maximum Gasteiger partial charge on any atom is 0.337 e. The van der Waals surface area contributed by atoms with Crippen LogP contribution in [-0.4, -0.2) is 30.3 Å². The van der Waals surface area contributed by atoms with Gasteiger partial charge in [0.1, 0.15) is 0 Å². The van der Waals surface area contributed by atoms with E-state index in [2.05, 4.69) is 5.32 Å². The van der Waals surface area contributed by atoms with Crippen LogP contribution < -0.4 is 11.1 Å². The van der Waals surface area contributed by atoms with Crippen LogP contribution in [0, 0.1) is 0 Å². The maximum absolute atomic E-state index is 11.0. The quantitative estimate of drug-likeness (QED) is 0.681. The Bertz CT molecular complexity index is 416. The molecule has 0 aliphatic carbocycles. The number of hydrogen-bond acceptors (Lipinski definition) is 4. The second-order valence-corrected chi connectivity index (χ2v) is 4.43. The molecule has 0 aliphatic heterocycles. The highest BCUT2D eigenvalue weighted by Crippen LogP contribution is 2.20. The van der Waals surface area contributed by atoms with Gasteiger partial charge in [-0.25, -0.2) is 4.79 Å². The largest absolute Gasteiger partial charge is 0.478 e. The van der Waals surface area contributed by atoms with E-state index in [-0.39, 0.29) is 11.2 Å². The molecule has 0 atom stereocenters. The Morgan fingerprint density at radius 2 is 2.18 bits per heavy atom. The van der Waals surface area contributed by atoms with Gasteiger partial charge in [-0.15, -0.1) is 0 Å². The molecule has 0 saturated carbocycles. The molecule has 1 rings (SSSR count). The van der Waals surface area contributed by atoms with Gasteiger partial charge in [-0.3, -0.25) is 0 Å². The SMILES string of the molecule is COC(C)(C)CNc1ccc(N)cc1C(=O)O. The molecule has 0 saturated heterocycles. The van der Waals surface area contributed by atoms with Crippen LogP contribution in [-0.2, 0) is 4.74 Å². The number of ether oxygens (including phenoxy) is 1. The number of nitrogens with one attached hydrogen (secondary N) is 1. The van der Waals surface area contributed by atoms with Crippen molar-refractivity contribution in [1.82, 2.24) is 0 Å². The summed E-state index contributed by atoms with van der Waals surface area (Å²) in [6.07, 6.45) is 0. The Hall–Kier alpha value is -1.75. The number of rotatable bonds is 5. The van der Waals surface area contributed by atoms with Gasteiger partial charge in [0, 0.05) is 25.0 Å². The molecule has 0 aliphatic rings. The van der Waals surface area contributed by atoms with E-state index in [0.717, 1.165) is 0 Å². The number of carbonyl (C=O) groups is 1. The molecule has 0 amide bonds. The molecule has 0 heterocycles. The summed E-state index contributed by atoms with van der Waals surface area (Å²) in [5.41, 5.74) is 6.33. The van der Waals surface area contributed by atoms with Crippen molar-refractivity contribution in [2.75, 3.05) is 24.7 Å². The molecule has 17 heavy (non-hydrogen) atoms. The van der Waals surface area contributed by atoms with Gasteiger partial charge < -0.3 is 20.9 Å². The van der Waals surface area contributed by atoms with Crippen LogP contribution in [0.1, 0.15) is 24.2 Å². The number of aromatic carboxylic acids is 1. The minimum absolute atomic E-state index is 0.164. The predicted octanol–water partition coefficient (Wildman–Crippen LogP) is 1.80. The van der Waals surface area contributed by atoms with Crippen molar-refractivity contribution >= 4 is 17.3 Å². The van der Waals surface area contributed by atoms with Crippen LogP contribution in [0.2, 0.25) is 0 Å². The number of anilines is 2. The van der Waals surface area contributed by atoms with Crippen LogP contribution in [0.5, 0.6) is 0 Å². The first-order chi connectivity index (χ1) is 7.85. The lowest BCUT2D eigenvalue weighted by Crippen LogP contribution is -2.32. The molecular formula is C12H18N2O3. The van der Waals surface area contributed by atoms with E-state index >= 15 is 0 Å². The third-order valence-corrected chi connectivity index (χ3v) is 2.53.